The lowest BCUT2D eigenvalue weighted by Gasteiger charge is -2.43. The van der Waals surface area contributed by atoms with Crippen LogP contribution < -0.4 is 5.32 Å². The number of hydrogen-bond donors (Lipinski definition) is 1. The van der Waals surface area contributed by atoms with Gasteiger partial charge in [-0.25, -0.2) is 4.79 Å². The topological polar surface area (TPSA) is 79.0 Å². The molecule has 1 saturated heterocycles. The summed E-state index contributed by atoms with van der Waals surface area (Å²) in [5, 5.41) is 3.13. The van der Waals surface area contributed by atoms with Gasteiger partial charge < -0.3 is 15.0 Å². The maximum atomic E-state index is 13.8. The van der Waals surface area contributed by atoms with Crippen molar-refractivity contribution >= 4 is 17.8 Å². The molecule has 7 nitrogen and oxygen atoms in total. The summed E-state index contributed by atoms with van der Waals surface area (Å²) in [5.41, 5.74) is -0.00655. The molecule has 202 valence electrons. The SMILES string of the molecule is CCOC(=O)/C(C)=C/[C@H](C(C)C)N(C)C(=O)[C@@H](NC(=O)C1CC[C@@H](CC)CN1C(C)C)C(C)(C)C. The van der Waals surface area contributed by atoms with Gasteiger partial charge in [-0.3, -0.25) is 14.5 Å². The second-order valence-corrected chi connectivity index (χ2v) is 11.7. The van der Waals surface area contributed by atoms with E-state index in [9.17, 15) is 14.4 Å². The number of carbonyl (C=O) groups is 3. The fraction of sp³-hybridized carbons (Fsp3) is 0.821. The third-order valence-corrected chi connectivity index (χ3v) is 7.16. The monoisotopic (exact) mass is 493 g/mol. The number of nitrogens with zero attached hydrogens (tertiary/aromatic N) is 2. The molecule has 1 unspecified atom stereocenters. The Bertz CT molecular complexity index is 754. The maximum Gasteiger partial charge on any atom is 0.333 e. The standard InChI is InChI=1S/C28H51N3O4/c1-12-21-14-15-22(31(17-21)19(5)6)25(32)29-24(28(8,9)10)26(33)30(11)23(18(3)4)16-20(7)27(34)35-13-2/h16,18-19,21-24H,12-15,17H2,1-11H3,(H,29,32)/b20-16+/t21-,22?,23-,24-/m1/s1. The van der Waals surface area contributed by atoms with Crippen LogP contribution in [0, 0.1) is 17.3 Å². The number of carbonyl (C=O) groups excluding carboxylic acids is 3. The minimum Gasteiger partial charge on any atom is -0.463 e. The average molecular weight is 494 g/mol. The predicted molar refractivity (Wildman–Crippen MR) is 142 cm³/mol. The van der Waals surface area contributed by atoms with Crippen molar-refractivity contribution in [1.82, 2.24) is 15.1 Å². The van der Waals surface area contributed by atoms with Crippen molar-refractivity contribution in [3.63, 3.8) is 0 Å². The van der Waals surface area contributed by atoms with Crippen molar-refractivity contribution in [1.29, 1.82) is 0 Å². The van der Waals surface area contributed by atoms with E-state index < -0.39 is 11.5 Å². The Balaban J connectivity index is 3.17. The first-order chi connectivity index (χ1) is 16.1. The number of hydrogen-bond acceptors (Lipinski definition) is 5. The zero-order chi connectivity index (χ0) is 27.1. The van der Waals surface area contributed by atoms with E-state index in [2.05, 4.69) is 31.0 Å². The summed E-state index contributed by atoms with van der Waals surface area (Å²) < 4.78 is 5.12. The van der Waals surface area contributed by atoms with E-state index in [0.29, 0.717) is 18.1 Å². The third-order valence-electron chi connectivity index (χ3n) is 7.16. The van der Waals surface area contributed by atoms with E-state index in [0.717, 1.165) is 25.8 Å². The number of piperidine rings is 1. The first-order valence-corrected chi connectivity index (χ1v) is 13.3. The molecule has 1 aliphatic rings. The summed E-state index contributed by atoms with van der Waals surface area (Å²) in [4.78, 5) is 43.5. The molecule has 1 N–H and O–H groups in total. The van der Waals surface area contributed by atoms with Crippen LogP contribution in [0.25, 0.3) is 0 Å². The minimum absolute atomic E-state index is 0.0744. The first kappa shape index (κ1) is 31.1. The van der Waals surface area contributed by atoms with Crippen molar-refractivity contribution in [2.45, 2.75) is 113 Å². The summed E-state index contributed by atoms with van der Waals surface area (Å²) in [7, 11) is 1.75. The smallest absolute Gasteiger partial charge is 0.333 e. The van der Waals surface area contributed by atoms with Crippen LogP contribution in [-0.4, -0.2) is 72.0 Å². The summed E-state index contributed by atoms with van der Waals surface area (Å²) >= 11 is 0. The largest absolute Gasteiger partial charge is 0.463 e. The van der Waals surface area contributed by atoms with Crippen LogP contribution in [0.4, 0.5) is 0 Å². The normalized spacial score (nSPS) is 21.6. The van der Waals surface area contributed by atoms with Crippen molar-refractivity contribution in [3.8, 4) is 0 Å². The number of esters is 1. The van der Waals surface area contributed by atoms with Crippen molar-refractivity contribution in [3.05, 3.63) is 11.6 Å². The van der Waals surface area contributed by atoms with Crippen LogP contribution in [0.5, 0.6) is 0 Å². The highest BCUT2D eigenvalue weighted by Crippen LogP contribution is 2.28. The molecule has 1 rings (SSSR count). The highest BCUT2D eigenvalue weighted by atomic mass is 16.5. The molecule has 7 heteroatoms. The van der Waals surface area contributed by atoms with Gasteiger partial charge in [0, 0.05) is 25.2 Å². The van der Waals surface area contributed by atoms with E-state index in [1.54, 1.807) is 31.9 Å². The molecule has 0 spiro atoms. The first-order valence-electron chi connectivity index (χ1n) is 13.3. The summed E-state index contributed by atoms with van der Waals surface area (Å²) in [6, 6.07) is -0.961. The molecule has 0 aromatic heterocycles. The van der Waals surface area contributed by atoms with Crippen LogP contribution in [0.15, 0.2) is 11.6 Å². The zero-order valence-corrected chi connectivity index (χ0v) is 24.1. The fourth-order valence-electron chi connectivity index (χ4n) is 4.82. The van der Waals surface area contributed by atoms with Crippen molar-refractivity contribution in [2.24, 2.45) is 17.3 Å². The fourth-order valence-corrected chi connectivity index (χ4v) is 4.82. The second kappa shape index (κ2) is 13.4. The average Bonchev–Trinajstić information content (AvgIpc) is 2.78. The van der Waals surface area contributed by atoms with Gasteiger partial charge in [-0.1, -0.05) is 54.0 Å². The Morgan fingerprint density at radius 3 is 2.17 bits per heavy atom. The summed E-state index contributed by atoms with van der Waals surface area (Å²) in [6.45, 7) is 21.1. The summed E-state index contributed by atoms with van der Waals surface area (Å²) in [5.74, 6) is 0.0699. The predicted octanol–water partition coefficient (Wildman–Crippen LogP) is 4.41. The number of likely N-dealkylation sites (N-methyl/N-ethyl adjacent to an activating group) is 1. The Labute approximate surface area is 214 Å². The molecule has 4 atom stereocenters. The molecule has 1 aliphatic heterocycles. The Kier molecular flexibility index (Phi) is 11.9. The molecule has 0 aromatic rings. The molecule has 1 heterocycles. The summed E-state index contributed by atoms with van der Waals surface area (Å²) in [6.07, 6.45) is 4.74. The van der Waals surface area contributed by atoms with Gasteiger partial charge in [-0.2, -0.15) is 0 Å². The number of ether oxygens (including phenoxy) is 1. The van der Waals surface area contributed by atoms with Crippen LogP contribution in [0.2, 0.25) is 0 Å². The molecule has 0 bridgehead atoms. The minimum atomic E-state index is -0.685. The zero-order valence-electron chi connectivity index (χ0n) is 24.1. The van der Waals surface area contributed by atoms with E-state index in [4.69, 9.17) is 4.74 Å². The molecule has 0 radical (unpaired) electrons. The third kappa shape index (κ3) is 8.62. The van der Waals surface area contributed by atoms with Crippen LogP contribution in [-0.2, 0) is 19.1 Å². The molecule has 2 amide bonds. The van der Waals surface area contributed by atoms with Gasteiger partial charge in [0.05, 0.1) is 18.7 Å². The van der Waals surface area contributed by atoms with Gasteiger partial charge in [0.1, 0.15) is 6.04 Å². The van der Waals surface area contributed by atoms with Gasteiger partial charge >= 0.3 is 5.97 Å². The second-order valence-electron chi connectivity index (χ2n) is 11.7. The Hall–Kier alpha value is -1.89. The highest BCUT2D eigenvalue weighted by molar-refractivity contribution is 5.91. The van der Waals surface area contributed by atoms with E-state index in [1.165, 1.54) is 0 Å². The Morgan fingerprint density at radius 2 is 1.71 bits per heavy atom. The molecule has 35 heavy (non-hydrogen) atoms. The van der Waals surface area contributed by atoms with Gasteiger partial charge in [0.2, 0.25) is 11.8 Å². The molecule has 0 aliphatic carbocycles. The quantitative estimate of drug-likeness (QED) is 0.360. The van der Waals surface area contributed by atoms with Crippen LogP contribution in [0.1, 0.15) is 88.5 Å². The lowest BCUT2D eigenvalue weighted by atomic mass is 9.84. The van der Waals surface area contributed by atoms with Gasteiger partial charge in [0.15, 0.2) is 0 Å². The van der Waals surface area contributed by atoms with Crippen LogP contribution >= 0.6 is 0 Å². The van der Waals surface area contributed by atoms with E-state index >= 15 is 0 Å². The lowest BCUT2D eigenvalue weighted by molar-refractivity contribution is -0.142. The Morgan fingerprint density at radius 1 is 1.11 bits per heavy atom. The van der Waals surface area contributed by atoms with Gasteiger partial charge in [-0.15, -0.1) is 0 Å². The van der Waals surface area contributed by atoms with Crippen molar-refractivity contribution < 1.29 is 19.1 Å². The number of nitrogens with one attached hydrogen (secondary N) is 1. The van der Waals surface area contributed by atoms with Crippen molar-refractivity contribution in [2.75, 3.05) is 20.2 Å². The molecule has 0 saturated carbocycles. The molecule has 0 aromatic carbocycles. The number of rotatable bonds is 10. The molecular formula is C28H51N3O4. The van der Waals surface area contributed by atoms with Gasteiger partial charge in [-0.05, 0) is 57.8 Å². The van der Waals surface area contributed by atoms with Gasteiger partial charge in [0.25, 0.3) is 0 Å². The number of amides is 2. The molecule has 1 fully saturated rings. The number of likely N-dealkylation sites (tertiary alicyclic amines) is 1. The van der Waals surface area contributed by atoms with Crippen LogP contribution in [0.3, 0.4) is 0 Å². The molecular weight excluding hydrogens is 442 g/mol. The van der Waals surface area contributed by atoms with E-state index in [1.807, 2.05) is 34.6 Å². The highest BCUT2D eigenvalue weighted by Gasteiger charge is 2.40. The van der Waals surface area contributed by atoms with E-state index in [-0.39, 0.29) is 41.8 Å². The maximum absolute atomic E-state index is 13.8. The lowest BCUT2D eigenvalue weighted by Crippen LogP contribution is -2.61.